The number of hydrogen-bond donors (Lipinski definition) is 1. The van der Waals surface area contributed by atoms with Crippen LogP contribution in [0.5, 0.6) is 0 Å². The van der Waals surface area contributed by atoms with Crippen LogP contribution >= 0.6 is 12.4 Å². The molecule has 2 rings (SSSR count). The summed E-state index contributed by atoms with van der Waals surface area (Å²) in [6.07, 6.45) is -4.98. The average Bonchev–Trinajstić information content (AvgIpc) is 2.69. The first-order chi connectivity index (χ1) is 11.2. The van der Waals surface area contributed by atoms with E-state index in [2.05, 4.69) is 15.0 Å². The molecule has 1 amide bonds. The van der Waals surface area contributed by atoms with Gasteiger partial charge in [0.25, 0.3) is 0 Å². The molecular formula is C15H20ClF4N3O2. The lowest BCUT2D eigenvalue weighted by molar-refractivity contribution is -0.159. The molecule has 142 valence electrons. The second-order valence-electron chi connectivity index (χ2n) is 5.63. The van der Waals surface area contributed by atoms with Crippen molar-refractivity contribution in [3.8, 4) is 0 Å². The lowest BCUT2D eigenvalue weighted by atomic mass is 10.2. The molecule has 1 N–H and O–H groups in total. The van der Waals surface area contributed by atoms with E-state index in [9.17, 15) is 22.4 Å². The standard InChI is InChI=1S/C15H19F4N3O2.ClH/c1-21-5-2-6-22(8-7-21)13-4-3-11(9-12(13)16)20-14(23)24-10-15(17,18)19;/h3-4,9H,2,5-8,10H2,1H3,(H,20,23);1H. The summed E-state index contributed by atoms with van der Waals surface area (Å²) >= 11 is 0. The monoisotopic (exact) mass is 385 g/mol. The molecule has 10 heteroatoms. The number of nitrogens with zero attached hydrogens (tertiary/aromatic N) is 2. The molecule has 25 heavy (non-hydrogen) atoms. The van der Waals surface area contributed by atoms with Gasteiger partial charge in [-0.15, -0.1) is 12.4 Å². The Morgan fingerprint density at radius 1 is 1.24 bits per heavy atom. The normalized spacial score (nSPS) is 16.0. The molecule has 1 aliphatic rings. The van der Waals surface area contributed by atoms with Crippen molar-refractivity contribution >= 4 is 29.9 Å². The van der Waals surface area contributed by atoms with E-state index in [0.29, 0.717) is 18.8 Å². The number of likely N-dealkylation sites (N-methyl/N-ethyl adjacent to an activating group) is 1. The number of benzene rings is 1. The molecule has 1 aromatic rings. The van der Waals surface area contributed by atoms with Gasteiger partial charge in [0, 0.05) is 25.3 Å². The largest absolute Gasteiger partial charge is 0.440 e. The minimum atomic E-state index is -4.60. The molecule has 0 unspecified atom stereocenters. The highest BCUT2D eigenvalue weighted by atomic mass is 35.5. The smallest absolute Gasteiger partial charge is 0.422 e. The molecule has 1 saturated heterocycles. The summed E-state index contributed by atoms with van der Waals surface area (Å²) in [5.74, 6) is -0.548. The van der Waals surface area contributed by atoms with Gasteiger partial charge in [-0.3, -0.25) is 5.32 Å². The van der Waals surface area contributed by atoms with Gasteiger partial charge in [0.1, 0.15) is 5.82 Å². The second kappa shape index (κ2) is 9.10. The molecular weight excluding hydrogens is 366 g/mol. The van der Waals surface area contributed by atoms with Crippen LogP contribution in [0.1, 0.15) is 6.42 Å². The van der Waals surface area contributed by atoms with E-state index in [1.807, 2.05) is 11.9 Å². The number of alkyl halides is 3. The Hall–Kier alpha value is -1.74. The molecule has 0 aliphatic carbocycles. The Labute approximate surface area is 149 Å². The Morgan fingerprint density at radius 3 is 2.60 bits per heavy atom. The maximum atomic E-state index is 14.3. The molecule has 1 aromatic carbocycles. The Balaban J connectivity index is 0.00000312. The number of amides is 1. The molecule has 0 radical (unpaired) electrons. The van der Waals surface area contributed by atoms with Crippen molar-refractivity contribution < 1.29 is 27.1 Å². The minimum absolute atomic E-state index is 0. The van der Waals surface area contributed by atoms with Crippen LogP contribution in [-0.4, -0.2) is 57.0 Å². The third-order valence-electron chi connectivity index (χ3n) is 3.62. The summed E-state index contributed by atoms with van der Waals surface area (Å²) in [5, 5.41) is 2.08. The van der Waals surface area contributed by atoms with E-state index >= 15 is 0 Å². The zero-order valence-corrected chi connectivity index (χ0v) is 14.4. The van der Waals surface area contributed by atoms with Crippen LogP contribution in [0.3, 0.4) is 0 Å². The Bertz CT molecular complexity index is 586. The molecule has 0 bridgehead atoms. The van der Waals surface area contributed by atoms with Crippen molar-refractivity contribution in [2.24, 2.45) is 0 Å². The molecule has 1 aliphatic heterocycles. The molecule has 1 heterocycles. The molecule has 0 aromatic heterocycles. The number of carbonyl (C=O) groups is 1. The fourth-order valence-electron chi connectivity index (χ4n) is 2.43. The molecule has 0 saturated carbocycles. The SMILES string of the molecule is CN1CCCN(c2ccc(NC(=O)OCC(F)(F)F)cc2F)CC1.Cl. The van der Waals surface area contributed by atoms with Crippen LogP contribution in [0.25, 0.3) is 0 Å². The fraction of sp³-hybridized carbons (Fsp3) is 0.533. The van der Waals surface area contributed by atoms with Gasteiger partial charge >= 0.3 is 12.3 Å². The van der Waals surface area contributed by atoms with E-state index in [0.717, 1.165) is 25.6 Å². The number of carbonyl (C=O) groups excluding carboxylic acids is 1. The maximum absolute atomic E-state index is 14.3. The van der Waals surface area contributed by atoms with Crippen LogP contribution in [0.4, 0.5) is 33.7 Å². The van der Waals surface area contributed by atoms with Crippen molar-refractivity contribution in [1.82, 2.24) is 4.90 Å². The lowest BCUT2D eigenvalue weighted by Crippen LogP contribution is -2.29. The predicted octanol–water partition coefficient (Wildman–Crippen LogP) is 3.50. The van der Waals surface area contributed by atoms with Gasteiger partial charge < -0.3 is 14.5 Å². The molecule has 1 fully saturated rings. The first-order valence-electron chi connectivity index (χ1n) is 7.48. The topological polar surface area (TPSA) is 44.8 Å². The van der Waals surface area contributed by atoms with Crippen molar-refractivity contribution in [3.05, 3.63) is 24.0 Å². The maximum Gasteiger partial charge on any atom is 0.422 e. The number of ether oxygens (including phenoxy) is 1. The van der Waals surface area contributed by atoms with Gasteiger partial charge in [-0.05, 0) is 38.2 Å². The molecule has 5 nitrogen and oxygen atoms in total. The van der Waals surface area contributed by atoms with Crippen molar-refractivity contribution in [2.45, 2.75) is 12.6 Å². The highest BCUT2D eigenvalue weighted by Crippen LogP contribution is 2.24. The number of rotatable bonds is 3. The van der Waals surface area contributed by atoms with E-state index in [1.165, 1.54) is 12.1 Å². The van der Waals surface area contributed by atoms with Crippen LogP contribution in [0, 0.1) is 5.82 Å². The van der Waals surface area contributed by atoms with E-state index in [1.54, 1.807) is 0 Å². The molecule has 0 spiro atoms. The van der Waals surface area contributed by atoms with Gasteiger partial charge in [0.15, 0.2) is 6.61 Å². The van der Waals surface area contributed by atoms with E-state index < -0.39 is 24.7 Å². The third-order valence-corrected chi connectivity index (χ3v) is 3.62. The van der Waals surface area contributed by atoms with Gasteiger partial charge in [0.2, 0.25) is 0 Å². The van der Waals surface area contributed by atoms with Crippen LogP contribution < -0.4 is 10.2 Å². The van der Waals surface area contributed by atoms with Gasteiger partial charge in [0.05, 0.1) is 5.69 Å². The van der Waals surface area contributed by atoms with Gasteiger partial charge in [-0.25, -0.2) is 9.18 Å². The summed E-state index contributed by atoms with van der Waals surface area (Å²) in [6, 6.07) is 4.00. The number of nitrogens with one attached hydrogen (secondary N) is 1. The highest BCUT2D eigenvalue weighted by molar-refractivity contribution is 5.85. The quantitative estimate of drug-likeness (QED) is 0.809. The van der Waals surface area contributed by atoms with Crippen molar-refractivity contribution in [3.63, 3.8) is 0 Å². The Morgan fingerprint density at radius 2 is 1.96 bits per heavy atom. The average molecular weight is 386 g/mol. The van der Waals surface area contributed by atoms with Crippen LogP contribution in [-0.2, 0) is 4.74 Å². The first kappa shape index (κ1) is 21.3. The zero-order valence-electron chi connectivity index (χ0n) is 13.6. The lowest BCUT2D eigenvalue weighted by Gasteiger charge is -2.23. The zero-order chi connectivity index (χ0) is 17.7. The van der Waals surface area contributed by atoms with Crippen molar-refractivity contribution in [2.75, 3.05) is 50.1 Å². The Kier molecular flexibility index (Phi) is 7.75. The van der Waals surface area contributed by atoms with Crippen molar-refractivity contribution in [1.29, 1.82) is 0 Å². The third kappa shape index (κ3) is 6.95. The van der Waals surface area contributed by atoms with Crippen LogP contribution in [0.2, 0.25) is 0 Å². The first-order valence-corrected chi connectivity index (χ1v) is 7.48. The number of anilines is 2. The summed E-state index contributed by atoms with van der Waals surface area (Å²) in [5.41, 5.74) is 0.440. The summed E-state index contributed by atoms with van der Waals surface area (Å²) in [7, 11) is 2.00. The van der Waals surface area contributed by atoms with E-state index in [4.69, 9.17) is 0 Å². The fourth-order valence-corrected chi connectivity index (χ4v) is 2.43. The van der Waals surface area contributed by atoms with E-state index in [-0.39, 0.29) is 18.1 Å². The minimum Gasteiger partial charge on any atom is -0.440 e. The van der Waals surface area contributed by atoms with Gasteiger partial charge in [-0.1, -0.05) is 0 Å². The van der Waals surface area contributed by atoms with Gasteiger partial charge in [-0.2, -0.15) is 13.2 Å². The van der Waals surface area contributed by atoms with Crippen LogP contribution in [0.15, 0.2) is 18.2 Å². The second-order valence-corrected chi connectivity index (χ2v) is 5.63. The highest BCUT2D eigenvalue weighted by Gasteiger charge is 2.29. The molecule has 0 atom stereocenters. The summed E-state index contributed by atoms with van der Waals surface area (Å²) in [4.78, 5) is 15.3. The number of hydrogen-bond acceptors (Lipinski definition) is 4. The number of halogens is 5. The predicted molar refractivity (Wildman–Crippen MR) is 89.0 cm³/mol. The summed E-state index contributed by atoms with van der Waals surface area (Å²) < 4.78 is 54.2. The summed E-state index contributed by atoms with van der Waals surface area (Å²) in [6.45, 7) is 1.43.